The van der Waals surface area contributed by atoms with Crippen LogP contribution in [0, 0.1) is 0 Å². The van der Waals surface area contributed by atoms with Crippen LogP contribution in [0.1, 0.15) is 18.4 Å². The summed E-state index contributed by atoms with van der Waals surface area (Å²) >= 11 is 0. The number of aryl methyl sites for hydroxylation is 1. The van der Waals surface area contributed by atoms with Crippen LogP contribution in [0.3, 0.4) is 0 Å². The van der Waals surface area contributed by atoms with Crippen molar-refractivity contribution in [2.45, 2.75) is 25.4 Å². The molecule has 1 aromatic carbocycles. The largest absolute Gasteiger partial charge is 0.352 e. The van der Waals surface area contributed by atoms with E-state index in [0.717, 1.165) is 18.4 Å². The molecular formula is C18H23N5O2. The lowest BCUT2D eigenvalue weighted by Crippen LogP contribution is -2.49. The van der Waals surface area contributed by atoms with Crippen molar-refractivity contribution in [2.75, 3.05) is 18.0 Å². The quantitative estimate of drug-likeness (QED) is 0.877. The van der Waals surface area contributed by atoms with E-state index in [0.29, 0.717) is 25.5 Å². The number of nitrogens with one attached hydrogen (secondary N) is 2. The van der Waals surface area contributed by atoms with Crippen molar-refractivity contribution in [2.24, 2.45) is 7.05 Å². The molecule has 1 saturated heterocycles. The van der Waals surface area contributed by atoms with Crippen LogP contribution in [0.25, 0.3) is 0 Å². The second-order valence-electron chi connectivity index (χ2n) is 6.24. The molecule has 0 radical (unpaired) electrons. The van der Waals surface area contributed by atoms with E-state index in [2.05, 4.69) is 15.6 Å². The molecule has 7 heteroatoms. The van der Waals surface area contributed by atoms with Gasteiger partial charge in [-0.25, -0.2) is 9.78 Å². The normalized spacial score (nSPS) is 15.0. The topological polar surface area (TPSA) is 79.3 Å². The summed E-state index contributed by atoms with van der Waals surface area (Å²) in [6.07, 6.45) is 4.87. The van der Waals surface area contributed by atoms with Crippen LogP contribution in [-0.4, -0.2) is 34.7 Å². The number of anilines is 1. The summed E-state index contributed by atoms with van der Waals surface area (Å²) in [7, 11) is 1.72. The molecule has 2 amide bonds. The van der Waals surface area contributed by atoms with Gasteiger partial charge in [-0.2, -0.15) is 0 Å². The Balaban J connectivity index is 1.47. The Morgan fingerprint density at radius 2 is 1.96 bits per heavy atom. The number of hydrogen-bond acceptors (Lipinski definition) is 4. The molecule has 0 saturated carbocycles. The number of piperidine rings is 1. The lowest BCUT2D eigenvalue weighted by atomic mass is 10.1. The molecule has 1 fully saturated rings. The molecule has 0 atom stereocenters. The minimum atomic E-state index is -0.156. The molecule has 7 nitrogen and oxygen atoms in total. The second-order valence-corrected chi connectivity index (χ2v) is 6.24. The van der Waals surface area contributed by atoms with Crippen LogP contribution >= 0.6 is 0 Å². The summed E-state index contributed by atoms with van der Waals surface area (Å²) in [5.74, 6) is 0.483. The average molecular weight is 341 g/mol. The number of urea groups is 1. The maximum atomic E-state index is 12.1. The number of rotatable bonds is 4. The van der Waals surface area contributed by atoms with Crippen LogP contribution in [0.5, 0.6) is 0 Å². The first-order valence-corrected chi connectivity index (χ1v) is 8.48. The maximum Gasteiger partial charge on any atom is 0.315 e. The molecule has 3 rings (SSSR count). The van der Waals surface area contributed by atoms with E-state index < -0.39 is 0 Å². The zero-order valence-electron chi connectivity index (χ0n) is 14.3. The molecule has 0 bridgehead atoms. The number of amides is 2. The Bertz CT molecular complexity index is 767. The van der Waals surface area contributed by atoms with Gasteiger partial charge in [-0.15, -0.1) is 0 Å². The Morgan fingerprint density at radius 1 is 1.24 bits per heavy atom. The van der Waals surface area contributed by atoms with E-state index in [1.54, 1.807) is 19.4 Å². The van der Waals surface area contributed by atoms with E-state index in [4.69, 9.17) is 0 Å². The molecule has 0 aliphatic carbocycles. The predicted molar refractivity (Wildman–Crippen MR) is 96.5 cm³/mol. The highest BCUT2D eigenvalue weighted by atomic mass is 16.2. The van der Waals surface area contributed by atoms with Gasteiger partial charge >= 0.3 is 6.03 Å². The minimum Gasteiger partial charge on any atom is -0.352 e. The Morgan fingerprint density at radius 3 is 2.68 bits per heavy atom. The monoisotopic (exact) mass is 341 g/mol. The molecular weight excluding hydrogens is 318 g/mol. The van der Waals surface area contributed by atoms with Crippen LogP contribution in [-0.2, 0) is 13.6 Å². The summed E-state index contributed by atoms with van der Waals surface area (Å²) in [6, 6.07) is 9.76. The van der Waals surface area contributed by atoms with Crippen molar-refractivity contribution in [3.63, 3.8) is 0 Å². The summed E-state index contributed by atoms with van der Waals surface area (Å²) in [6.45, 7) is 1.92. The van der Waals surface area contributed by atoms with E-state index in [1.807, 2.05) is 35.2 Å². The first-order valence-electron chi connectivity index (χ1n) is 8.48. The summed E-state index contributed by atoms with van der Waals surface area (Å²) < 4.78 is 1.53. The van der Waals surface area contributed by atoms with Crippen LogP contribution in [0.4, 0.5) is 10.6 Å². The van der Waals surface area contributed by atoms with E-state index in [-0.39, 0.29) is 17.6 Å². The first kappa shape index (κ1) is 17.0. The molecule has 1 aromatic heterocycles. The zero-order chi connectivity index (χ0) is 17.6. The number of benzene rings is 1. The van der Waals surface area contributed by atoms with Crippen molar-refractivity contribution in [1.29, 1.82) is 0 Å². The third-order valence-corrected chi connectivity index (χ3v) is 4.42. The Labute approximate surface area is 146 Å². The molecule has 2 N–H and O–H groups in total. The number of nitrogens with zero attached hydrogens (tertiary/aromatic N) is 3. The lowest BCUT2D eigenvalue weighted by Gasteiger charge is -2.32. The highest BCUT2D eigenvalue weighted by Crippen LogP contribution is 2.14. The van der Waals surface area contributed by atoms with Crippen molar-refractivity contribution in [1.82, 2.24) is 20.2 Å². The molecule has 2 aromatic rings. The smallest absolute Gasteiger partial charge is 0.315 e. The molecule has 1 aliphatic heterocycles. The average Bonchev–Trinajstić information content (AvgIpc) is 2.64. The number of carbonyl (C=O) groups is 1. The van der Waals surface area contributed by atoms with Gasteiger partial charge < -0.3 is 20.1 Å². The zero-order valence-corrected chi connectivity index (χ0v) is 14.3. The number of hydrogen-bond donors (Lipinski definition) is 2. The highest BCUT2D eigenvalue weighted by Gasteiger charge is 2.23. The van der Waals surface area contributed by atoms with Gasteiger partial charge in [0.1, 0.15) is 0 Å². The van der Waals surface area contributed by atoms with Gasteiger partial charge in [-0.3, -0.25) is 4.79 Å². The second kappa shape index (κ2) is 7.83. The van der Waals surface area contributed by atoms with Gasteiger partial charge in [0.05, 0.1) is 0 Å². The fraction of sp³-hybridized carbons (Fsp3) is 0.389. The first-order chi connectivity index (χ1) is 12.1. The van der Waals surface area contributed by atoms with E-state index >= 15 is 0 Å². The molecule has 2 heterocycles. The fourth-order valence-corrected chi connectivity index (χ4v) is 2.95. The summed E-state index contributed by atoms with van der Waals surface area (Å²) in [4.78, 5) is 30.4. The SMILES string of the molecule is Cn1ccnc(N2CCC(NC(=O)NCc3ccccc3)CC2)c1=O. The minimum absolute atomic E-state index is 0.0884. The van der Waals surface area contributed by atoms with Gasteiger partial charge in [0.2, 0.25) is 0 Å². The van der Waals surface area contributed by atoms with Crippen molar-refractivity contribution in [3.05, 3.63) is 58.6 Å². The molecule has 0 unspecified atom stereocenters. The predicted octanol–water partition coefficient (Wildman–Crippen LogP) is 1.25. The molecule has 25 heavy (non-hydrogen) atoms. The van der Waals surface area contributed by atoms with E-state index in [1.165, 1.54) is 4.57 Å². The summed E-state index contributed by atoms with van der Waals surface area (Å²) in [5, 5.41) is 5.88. The standard InChI is InChI=1S/C18H23N5O2/c1-22-12-9-19-16(17(22)24)23-10-7-15(8-11-23)21-18(25)20-13-14-5-3-2-4-6-14/h2-6,9,12,15H,7-8,10-11,13H2,1H3,(H2,20,21,25). The van der Waals surface area contributed by atoms with Gasteiger partial charge in [0.25, 0.3) is 5.56 Å². The number of carbonyl (C=O) groups excluding carboxylic acids is 1. The fourth-order valence-electron chi connectivity index (χ4n) is 2.95. The third kappa shape index (κ3) is 4.37. The van der Waals surface area contributed by atoms with E-state index in [9.17, 15) is 9.59 Å². The summed E-state index contributed by atoms with van der Waals surface area (Å²) in [5.41, 5.74) is 0.980. The Kier molecular flexibility index (Phi) is 5.33. The molecule has 0 spiro atoms. The van der Waals surface area contributed by atoms with Crippen LogP contribution in [0.15, 0.2) is 47.5 Å². The maximum absolute atomic E-state index is 12.1. The van der Waals surface area contributed by atoms with Gasteiger partial charge in [-0.05, 0) is 18.4 Å². The molecule has 1 aliphatic rings. The van der Waals surface area contributed by atoms with Gasteiger partial charge in [-0.1, -0.05) is 30.3 Å². The van der Waals surface area contributed by atoms with Crippen LogP contribution < -0.4 is 21.1 Å². The van der Waals surface area contributed by atoms with Crippen molar-refractivity contribution < 1.29 is 4.79 Å². The van der Waals surface area contributed by atoms with Crippen molar-refractivity contribution in [3.8, 4) is 0 Å². The lowest BCUT2D eigenvalue weighted by molar-refractivity contribution is 0.234. The van der Waals surface area contributed by atoms with Crippen molar-refractivity contribution >= 4 is 11.8 Å². The third-order valence-electron chi connectivity index (χ3n) is 4.42. The number of aromatic nitrogens is 2. The Hall–Kier alpha value is -2.83. The van der Waals surface area contributed by atoms with Gasteiger partial charge in [0.15, 0.2) is 5.82 Å². The van der Waals surface area contributed by atoms with Crippen LogP contribution in [0.2, 0.25) is 0 Å². The molecule has 132 valence electrons. The highest BCUT2D eigenvalue weighted by molar-refractivity contribution is 5.74. The van der Waals surface area contributed by atoms with Gasteiger partial charge in [0, 0.05) is 45.1 Å².